The summed E-state index contributed by atoms with van der Waals surface area (Å²) in [7, 11) is 3.76. The molecule has 1 aromatic carbocycles. The standard InChI is InChI=1S/C18H24N2O3/c1-14-6-8-15(9-7-14)17(19(2)3)18(22)20(10-11-21)13-16-5-4-12-23-16/h4-9,12,17,21H,10-11,13H2,1-3H3. The molecule has 1 atom stereocenters. The Morgan fingerprint density at radius 2 is 1.91 bits per heavy atom. The summed E-state index contributed by atoms with van der Waals surface area (Å²) >= 11 is 0. The summed E-state index contributed by atoms with van der Waals surface area (Å²) in [4.78, 5) is 16.5. The SMILES string of the molecule is Cc1ccc(C(C(=O)N(CCO)Cc2ccco2)N(C)C)cc1. The number of amides is 1. The quantitative estimate of drug-likeness (QED) is 0.851. The summed E-state index contributed by atoms with van der Waals surface area (Å²) in [6.07, 6.45) is 1.58. The van der Waals surface area contributed by atoms with Gasteiger partial charge in [0, 0.05) is 6.54 Å². The van der Waals surface area contributed by atoms with Gasteiger partial charge in [-0.2, -0.15) is 0 Å². The van der Waals surface area contributed by atoms with E-state index >= 15 is 0 Å². The molecule has 0 radical (unpaired) electrons. The van der Waals surface area contributed by atoms with Gasteiger partial charge in [0.15, 0.2) is 0 Å². The van der Waals surface area contributed by atoms with Crippen LogP contribution in [0.15, 0.2) is 47.1 Å². The molecule has 1 unspecified atom stereocenters. The monoisotopic (exact) mass is 316 g/mol. The van der Waals surface area contributed by atoms with E-state index in [9.17, 15) is 9.90 Å². The molecule has 124 valence electrons. The van der Waals surface area contributed by atoms with E-state index in [1.807, 2.05) is 56.3 Å². The highest BCUT2D eigenvalue weighted by atomic mass is 16.3. The van der Waals surface area contributed by atoms with E-state index in [0.717, 1.165) is 11.1 Å². The molecule has 5 heteroatoms. The number of likely N-dealkylation sites (N-methyl/N-ethyl adjacent to an activating group) is 1. The van der Waals surface area contributed by atoms with Gasteiger partial charge in [0.05, 0.1) is 19.4 Å². The van der Waals surface area contributed by atoms with E-state index < -0.39 is 6.04 Å². The Bertz CT molecular complexity index is 606. The Morgan fingerprint density at radius 1 is 1.22 bits per heavy atom. The van der Waals surface area contributed by atoms with Crippen LogP contribution in [0.5, 0.6) is 0 Å². The molecule has 0 bridgehead atoms. The molecule has 5 nitrogen and oxygen atoms in total. The highest BCUT2D eigenvalue weighted by Gasteiger charge is 2.28. The van der Waals surface area contributed by atoms with Crippen LogP contribution < -0.4 is 0 Å². The molecule has 0 spiro atoms. The van der Waals surface area contributed by atoms with Crippen LogP contribution in [0.3, 0.4) is 0 Å². The molecule has 0 aliphatic rings. The maximum absolute atomic E-state index is 13.0. The van der Waals surface area contributed by atoms with E-state index in [1.165, 1.54) is 0 Å². The molecular weight excluding hydrogens is 292 g/mol. The zero-order valence-corrected chi connectivity index (χ0v) is 13.9. The predicted molar refractivity (Wildman–Crippen MR) is 88.8 cm³/mol. The second-order valence-corrected chi connectivity index (χ2v) is 5.84. The van der Waals surface area contributed by atoms with Crippen LogP contribution in [0.25, 0.3) is 0 Å². The smallest absolute Gasteiger partial charge is 0.245 e. The second kappa shape index (κ2) is 7.94. The number of aliphatic hydroxyl groups excluding tert-OH is 1. The first kappa shape index (κ1) is 17.2. The van der Waals surface area contributed by atoms with Crippen molar-refractivity contribution in [1.29, 1.82) is 0 Å². The van der Waals surface area contributed by atoms with Gasteiger partial charge in [0.2, 0.25) is 5.91 Å². The molecule has 1 N–H and O–H groups in total. The van der Waals surface area contributed by atoms with Gasteiger partial charge in [0.25, 0.3) is 0 Å². The Kier molecular flexibility index (Phi) is 5.96. The number of aryl methyl sites for hydroxylation is 1. The van der Waals surface area contributed by atoms with E-state index in [2.05, 4.69) is 0 Å². The minimum absolute atomic E-state index is 0.0516. The van der Waals surface area contributed by atoms with Crippen LogP contribution in [0.4, 0.5) is 0 Å². The molecule has 1 amide bonds. The van der Waals surface area contributed by atoms with Gasteiger partial charge >= 0.3 is 0 Å². The Balaban J connectivity index is 2.24. The van der Waals surface area contributed by atoms with Gasteiger partial charge in [-0.15, -0.1) is 0 Å². The van der Waals surface area contributed by atoms with Gasteiger partial charge in [-0.1, -0.05) is 29.8 Å². The van der Waals surface area contributed by atoms with Crippen LogP contribution >= 0.6 is 0 Å². The lowest BCUT2D eigenvalue weighted by molar-refractivity contribution is -0.137. The van der Waals surface area contributed by atoms with Crippen molar-refractivity contribution < 1.29 is 14.3 Å². The van der Waals surface area contributed by atoms with Crippen molar-refractivity contribution in [2.45, 2.75) is 19.5 Å². The number of furan rings is 1. The zero-order chi connectivity index (χ0) is 16.8. The lowest BCUT2D eigenvalue weighted by atomic mass is 10.0. The lowest BCUT2D eigenvalue weighted by Crippen LogP contribution is -2.41. The van der Waals surface area contributed by atoms with Crippen LogP contribution in [0, 0.1) is 6.92 Å². The Labute approximate surface area is 137 Å². The van der Waals surface area contributed by atoms with Crippen molar-refractivity contribution in [3.05, 3.63) is 59.5 Å². The normalized spacial score (nSPS) is 12.4. The molecule has 2 rings (SSSR count). The average molecular weight is 316 g/mol. The summed E-state index contributed by atoms with van der Waals surface area (Å²) in [5.74, 6) is 0.650. The third kappa shape index (κ3) is 4.43. The maximum atomic E-state index is 13.0. The lowest BCUT2D eigenvalue weighted by Gasteiger charge is -2.30. The third-order valence-electron chi connectivity index (χ3n) is 3.75. The molecule has 0 saturated heterocycles. The first-order valence-corrected chi connectivity index (χ1v) is 7.68. The van der Waals surface area contributed by atoms with Crippen LogP contribution in [-0.4, -0.2) is 48.1 Å². The molecule has 0 aliphatic heterocycles. The van der Waals surface area contributed by atoms with Crippen molar-refractivity contribution in [2.75, 3.05) is 27.2 Å². The van der Waals surface area contributed by atoms with Gasteiger partial charge < -0.3 is 14.4 Å². The van der Waals surface area contributed by atoms with Crippen molar-refractivity contribution in [1.82, 2.24) is 9.80 Å². The van der Waals surface area contributed by atoms with Crippen LogP contribution in [0.2, 0.25) is 0 Å². The highest BCUT2D eigenvalue weighted by molar-refractivity contribution is 5.83. The van der Waals surface area contributed by atoms with Crippen molar-refractivity contribution in [3.8, 4) is 0 Å². The highest BCUT2D eigenvalue weighted by Crippen LogP contribution is 2.22. The van der Waals surface area contributed by atoms with Gasteiger partial charge in [-0.3, -0.25) is 9.69 Å². The number of hydrogen-bond acceptors (Lipinski definition) is 4. The van der Waals surface area contributed by atoms with E-state index in [1.54, 1.807) is 17.2 Å². The number of carbonyl (C=O) groups excluding carboxylic acids is 1. The second-order valence-electron chi connectivity index (χ2n) is 5.84. The maximum Gasteiger partial charge on any atom is 0.245 e. The fraction of sp³-hybridized carbons (Fsp3) is 0.389. The minimum atomic E-state index is -0.392. The average Bonchev–Trinajstić information content (AvgIpc) is 3.01. The van der Waals surface area contributed by atoms with E-state index in [4.69, 9.17) is 4.42 Å². The minimum Gasteiger partial charge on any atom is -0.467 e. The largest absolute Gasteiger partial charge is 0.467 e. The van der Waals surface area contributed by atoms with Gasteiger partial charge in [-0.05, 0) is 38.7 Å². The third-order valence-corrected chi connectivity index (χ3v) is 3.75. The zero-order valence-electron chi connectivity index (χ0n) is 13.9. The topological polar surface area (TPSA) is 56.9 Å². The van der Waals surface area contributed by atoms with Gasteiger partial charge in [-0.25, -0.2) is 0 Å². The number of nitrogens with zero attached hydrogens (tertiary/aromatic N) is 2. The predicted octanol–water partition coefficient (Wildman–Crippen LogP) is 2.21. The molecule has 0 fully saturated rings. The van der Waals surface area contributed by atoms with E-state index in [-0.39, 0.29) is 19.1 Å². The van der Waals surface area contributed by atoms with Crippen LogP contribution in [0.1, 0.15) is 22.9 Å². The fourth-order valence-electron chi connectivity index (χ4n) is 2.56. The number of aliphatic hydroxyl groups is 1. The number of hydrogen-bond donors (Lipinski definition) is 1. The first-order chi connectivity index (χ1) is 11.0. The first-order valence-electron chi connectivity index (χ1n) is 7.68. The molecule has 0 aliphatic carbocycles. The van der Waals surface area contributed by atoms with Gasteiger partial charge in [0.1, 0.15) is 11.8 Å². The summed E-state index contributed by atoms with van der Waals surface area (Å²) in [6.45, 7) is 2.56. The number of benzene rings is 1. The number of rotatable bonds is 7. The van der Waals surface area contributed by atoms with Crippen LogP contribution in [-0.2, 0) is 11.3 Å². The van der Waals surface area contributed by atoms with Crippen molar-refractivity contribution >= 4 is 5.91 Å². The molecule has 1 heterocycles. The molecule has 0 saturated carbocycles. The molecular formula is C18H24N2O3. The summed E-state index contributed by atoms with van der Waals surface area (Å²) in [5, 5.41) is 9.30. The summed E-state index contributed by atoms with van der Waals surface area (Å²) in [6, 6.07) is 11.2. The molecule has 2 aromatic rings. The summed E-state index contributed by atoms with van der Waals surface area (Å²) in [5.41, 5.74) is 2.09. The molecule has 1 aromatic heterocycles. The fourth-order valence-corrected chi connectivity index (χ4v) is 2.56. The van der Waals surface area contributed by atoms with Crippen molar-refractivity contribution in [3.63, 3.8) is 0 Å². The summed E-state index contributed by atoms with van der Waals surface area (Å²) < 4.78 is 5.33. The molecule has 23 heavy (non-hydrogen) atoms. The Hall–Kier alpha value is -2.11. The van der Waals surface area contributed by atoms with Crippen molar-refractivity contribution in [2.24, 2.45) is 0 Å². The number of carbonyl (C=O) groups is 1. The Morgan fingerprint density at radius 3 is 2.43 bits per heavy atom. The van der Waals surface area contributed by atoms with E-state index in [0.29, 0.717) is 12.3 Å².